The zero-order valence-corrected chi connectivity index (χ0v) is 19.0. The Kier molecular flexibility index (Phi) is 5.79. The summed E-state index contributed by atoms with van der Waals surface area (Å²) < 4.78 is 58.8. The molecule has 7 nitrogen and oxygen atoms in total. The van der Waals surface area contributed by atoms with E-state index in [1.54, 1.807) is 6.07 Å². The Labute approximate surface area is 193 Å². The van der Waals surface area contributed by atoms with Gasteiger partial charge in [-0.2, -0.15) is 13.2 Å². The van der Waals surface area contributed by atoms with Crippen LogP contribution in [0.15, 0.2) is 34.7 Å². The number of alkyl halides is 3. The third-order valence-electron chi connectivity index (χ3n) is 5.61. The first kappa shape index (κ1) is 23.6. The molecule has 0 radical (unpaired) electrons. The molecule has 0 saturated carbocycles. The highest BCUT2D eigenvalue weighted by atomic mass is 19.4. The number of aryl methyl sites for hydroxylation is 1. The van der Waals surface area contributed by atoms with Crippen molar-refractivity contribution in [2.75, 3.05) is 7.11 Å². The molecule has 4 rings (SSSR count). The van der Waals surface area contributed by atoms with Gasteiger partial charge in [-0.25, -0.2) is 0 Å². The highest BCUT2D eigenvalue weighted by Gasteiger charge is 2.37. The average Bonchev–Trinajstić information content (AvgIpc) is 3.31. The number of hydrogen-bond acceptors (Lipinski definition) is 6. The number of carboxylic acid groups (broad SMARTS) is 1. The summed E-state index contributed by atoms with van der Waals surface area (Å²) in [6.45, 7) is 5.30. The van der Waals surface area contributed by atoms with E-state index in [0.29, 0.717) is 23.5 Å². The molecule has 0 bridgehead atoms. The van der Waals surface area contributed by atoms with Gasteiger partial charge in [-0.1, -0.05) is 12.1 Å². The van der Waals surface area contributed by atoms with Crippen molar-refractivity contribution in [1.29, 1.82) is 0 Å². The van der Waals surface area contributed by atoms with Crippen LogP contribution in [0.4, 0.5) is 13.2 Å². The normalized spacial score (nSPS) is 15.5. The van der Waals surface area contributed by atoms with Crippen molar-refractivity contribution < 1.29 is 37.0 Å². The molecule has 0 spiro atoms. The minimum Gasteiger partial charge on any atom is -0.496 e. The van der Waals surface area contributed by atoms with E-state index in [0.717, 1.165) is 17.7 Å². The summed E-state index contributed by atoms with van der Waals surface area (Å²) in [4.78, 5) is 11.6. The molecule has 2 aromatic carbocycles. The summed E-state index contributed by atoms with van der Waals surface area (Å²) in [7, 11) is 1.42. The zero-order valence-electron chi connectivity index (χ0n) is 19.0. The van der Waals surface area contributed by atoms with Crippen LogP contribution in [-0.4, -0.2) is 34.0 Å². The number of aromatic nitrogens is 2. The lowest BCUT2D eigenvalue weighted by molar-refractivity contribution is -0.138. The van der Waals surface area contributed by atoms with E-state index < -0.39 is 35.6 Å². The van der Waals surface area contributed by atoms with E-state index in [9.17, 15) is 23.1 Å². The number of ether oxygens (including phenoxy) is 2. The van der Waals surface area contributed by atoms with E-state index in [1.807, 2.05) is 19.9 Å². The number of hydrogen-bond donors (Lipinski definition) is 1. The predicted octanol–water partition coefficient (Wildman–Crippen LogP) is 5.39. The summed E-state index contributed by atoms with van der Waals surface area (Å²) >= 11 is 0. The van der Waals surface area contributed by atoms with Crippen molar-refractivity contribution in [2.45, 2.75) is 51.3 Å². The zero-order chi connectivity index (χ0) is 24.8. The van der Waals surface area contributed by atoms with Crippen LogP contribution in [0.25, 0.3) is 11.1 Å². The number of benzene rings is 2. The largest absolute Gasteiger partial charge is 0.496 e. The second-order valence-corrected chi connectivity index (χ2v) is 8.82. The maximum absolute atomic E-state index is 13.9. The third-order valence-corrected chi connectivity index (χ3v) is 5.61. The first-order valence-electron chi connectivity index (χ1n) is 10.5. The number of carboxylic acids is 1. The van der Waals surface area contributed by atoms with Gasteiger partial charge in [0, 0.05) is 13.3 Å². The maximum atomic E-state index is 13.9. The van der Waals surface area contributed by atoms with Gasteiger partial charge in [0.25, 0.3) is 0 Å². The lowest BCUT2D eigenvalue weighted by atomic mass is 9.89. The summed E-state index contributed by atoms with van der Waals surface area (Å²) in [5, 5.41) is 17.0. The van der Waals surface area contributed by atoms with Crippen LogP contribution in [-0.2, 0) is 17.4 Å². The van der Waals surface area contributed by atoms with Crippen molar-refractivity contribution in [3.63, 3.8) is 0 Å². The Morgan fingerprint density at radius 2 is 1.97 bits per heavy atom. The van der Waals surface area contributed by atoms with Crippen LogP contribution >= 0.6 is 0 Å². The topological polar surface area (TPSA) is 94.7 Å². The smallest absolute Gasteiger partial charge is 0.416 e. The van der Waals surface area contributed by atoms with Crippen LogP contribution < -0.4 is 9.47 Å². The van der Waals surface area contributed by atoms with Gasteiger partial charge >= 0.3 is 12.1 Å². The number of aliphatic carboxylic acids is 1. The lowest BCUT2D eigenvalue weighted by Gasteiger charge is -2.21. The lowest BCUT2D eigenvalue weighted by Crippen LogP contribution is -2.24. The van der Waals surface area contributed by atoms with Crippen LogP contribution in [0, 0.1) is 6.92 Å². The second-order valence-electron chi connectivity index (χ2n) is 8.82. The highest BCUT2D eigenvalue weighted by molar-refractivity contribution is 5.80. The van der Waals surface area contributed by atoms with Gasteiger partial charge in [-0.05, 0) is 48.7 Å². The summed E-state index contributed by atoms with van der Waals surface area (Å²) in [6, 6.07) is 6.93. The maximum Gasteiger partial charge on any atom is 0.416 e. The van der Waals surface area contributed by atoms with Crippen LogP contribution in [0.3, 0.4) is 0 Å². The minimum absolute atomic E-state index is 0.0761. The van der Waals surface area contributed by atoms with Gasteiger partial charge in [0.2, 0.25) is 11.8 Å². The molecule has 1 unspecified atom stereocenters. The van der Waals surface area contributed by atoms with E-state index in [2.05, 4.69) is 10.2 Å². The molecule has 1 atom stereocenters. The summed E-state index contributed by atoms with van der Waals surface area (Å²) in [5.74, 6) is -1.42. The average molecular weight is 476 g/mol. The number of rotatable bonds is 6. The number of carbonyl (C=O) groups is 1. The van der Waals surface area contributed by atoms with Crippen molar-refractivity contribution in [2.24, 2.45) is 0 Å². The Bertz CT molecular complexity index is 1250. The SMILES string of the molecule is COc1ccc2c(c1-c1cc(C(CC(=O)O)c3nnc(C)o3)cc(C(F)(F)F)c1)OC(C)(C)C2. The minimum atomic E-state index is -4.69. The van der Waals surface area contributed by atoms with Crippen molar-refractivity contribution in [3.05, 3.63) is 58.8 Å². The number of nitrogens with zero attached hydrogens (tertiary/aromatic N) is 2. The van der Waals surface area contributed by atoms with E-state index >= 15 is 0 Å². The second kappa shape index (κ2) is 8.34. The Morgan fingerprint density at radius 3 is 2.56 bits per heavy atom. The molecule has 180 valence electrons. The van der Waals surface area contributed by atoms with E-state index in [-0.39, 0.29) is 22.9 Å². The highest BCUT2D eigenvalue weighted by Crippen LogP contribution is 2.49. The summed E-state index contributed by atoms with van der Waals surface area (Å²) in [6.07, 6.45) is -4.64. The van der Waals surface area contributed by atoms with Gasteiger partial charge in [-0.15, -0.1) is 10.2 Å². The molecule has 0 aliphatic carbocycles. The standard InChI is InChI=1S/C24H23F3N2O5/c1-12-28-29-22(33-12)17(10-19(30)31)14-7-15(9-16(8-14)24(25,26)27)20-18(32-4)6-5-13-11-23(2,3)34-21(13)20/h5-9,17H,10-11H2,1-4H3,(H,30,31). The first-order valence-corrected chi connectivity index (χ1v) is 10.5. The first-order chi connectivity index (χ1) is 15.9. The van der Waals surface area contributed by atoms with Gasteiger partial charge in [0.15, 0.2) is 0 Å². The fourth-order valence-corrected chi connectivity index (χ4v) is 4.21. The third kappa shape index (κ3) is 4.57. The molecule has 0 amide bonds. The molecular weight excluding hydrogens is 453 g/mol. The molecule has 1 aliphatic rings. The molecule has 1 aromatic heterocycles. The van der Waals surface area contributed by atoms with Gasteiger partial charge in [-0.3, -0.25) is 4.79 Å². The van der Waals surface area contributed by atoms with Gasteiger partial charge < -0.3 is 19.0 Å². The van der Waals surface area contributed by atoms with Crippen LogP contribution in [0.5, 0.6) is 11.5 Å². The summed E-state index contributed by atoms with van der Waals surface area (Å²) in [5.41, 5.74) is -0.0108. The fourth-order valence-electron chi connectivity index (χ4n) is 4.21. The van der Waals surface area contributed by atoms with Gasteiger partial charge in [0.05, 0.1) is 30.6 Å². The van der Waals surface area contributed by atoms with E-state index in [1.165, 1.54) is 20.1 Å². The molecular formula is C24H23F3N2O5. The Morgan fingerprint density at radius 1 is 1.24 bits per heavy atom. The molecule has 1 aliphatic heterocycles. The van der Waals surface area contributed by atoms with Crippen LogP contribution in [0.2, 0.25) is 0 Å². The molecule has 1 N–H and O–H groups in total. The van der Waals surface area contributed by atoms with Crippen molar-refractivity contribution in [3.8, 4) is 22.6 Å². The fraction of sp³-hybridized carbons (Fsp3) is 0.375. The van der Waals surface area contributed by atoms with E-state index in [4.69, 9.17) is 13.9 Å². The molecule has 10 heteroatoms. The molecule has 3 aromatic rings. The van der Waals surface area contributed by atoms with Gasteiger partial charge in [0.1, 0.15) is 17.1 Å². The molecule has 0 saturated heterocycles. The monoisotopic (exact) mass is 476 g/mol. The number of methoxy groups -OCH3 is 1. The molecule has 34 heavy (non-hydrogen) atoms. The quantitative estimate of drug-likeness (QED) is 0.510. The number of halogens is 3. The Balaban J connectivity index is 1.97. The predicted molar refractivity (Wildman–Crippen MR) is 115 cm³/mol. The number of fused-ring (bicyclic) bond motifs is 1. The van der Waals surface area contributed by atoms with Crippen molar-refractivity contribution in [1.82, 2.24) is 10.2 Å². The molecule has 2 heterocycles. The molecule has 0 fully saturated rings. The Hall–Kier alpha value is -3.56. The van der Waals surface area contributed by atoms with Crippen LogP contribution in [0.1, 0.15) is 54.7 Å². The van der Waals surface area contributed by atoms with Crippen molar-refractivity contribution >= 4 is 5.97 Å².